The van der Waals surface area contributed by atoms with Crippen LogP contribution >= 0.6 is 27.5 Å². The number of halogens is 2. The zero-order chi connectivity index (χ0) is 13.8. The average Bonchev–Trinajstić information content (AvgIpc) is 2.33. The molecule has 5 heteroatoms. The van der Waals surface area contributed by atoms with Crippen LogP contribution in [0, 0.1) is 6.92 Å². The predicted octanol–water partition coefficient (Wildman–Crippen LogP) is 5.05. The van der Waals surface area contributed by atoms with Crippen molar-refractivity contribution in [1.29, 1.82) is 0 Å². The minimum Gasteiger partial charge on any atom is -0.308 e. The first-order valence-corrected chi connectivity index (χ1v) is 6.81. The number of amides is 2. The van der Waals surface area contributed by atoms with Gasteiger partial charge in [0.1, 0.15) is 0 Å². The normalized spacial score (nSPS) is 10.1. The Bertz CT molecular complexity index is 616. The lowest BCUT2D eigenvalue weighted by atomic mass is 10.2. The number of nitrogens with one attached hydrogen (secondary N) is 2. The second kappa shape index (κ2) is 6.08. The van der Waals surface area contributed by atoms with Crippen molar-refractivity contribution in [2.45, 2.75) is 6.92 Å². The van der Waals surface area contributed by atoms with Gasteiger partial charge < -0.3 is 10.6 Å². The molecule has 0 atom stereocenters. The van der Waals surface area contributed by atoms with E-state index in [9.17, 15) is 4.79 Å². The van der Waals surface area contributed by atoms with E-state index in [2.05, 4.69) is 26.6 Å². The number of hydrogen-bond donors (Lipinski definition) is 2. The molecule has 2 rings (SSSR count). The molecule has 0 aromatic heterocycles. The first-order valence-electron chi connectivity index (χ1n) is 5.64. The summed E-state index contributed by atoms with van der Waals surface area (Å²) in [6.07, 6.45) is 0. The van der Waals surface area contributed by atoms with E-state index >= 15 is 0 Å². The molecule has 0 spiro atoms. The standard InChI is InChI=1S/C14H12BrClN2O/c1-9-7-10(15)5-6-13(9)18-14(19)17-12-4-2-3-11(16)8-12/h2-8H,1H3,(H2,17,18,19). The molecule has 19 heavy (non-hydrogen) atoms. The number of anilines is 2. The van der Waals surface area contributed by atoms with Gasteiger partial charge in [-0.3, -0.25) is 0 Å². The van der Waals surface area contributed by atoms with Crippen LogP contribution in [0.3, 0.4) is 0 Å². The van der Waals surface area contributed by atoms with Gasteiger partial charge in [-0.15, -0.1) is 0 Å². The minimum atomic E-state index is -0.298. The van der Waals surface area contributed by atoms with Crippen LogP contribution in [0.1, 0.15) is 5.56 Å². The zero-order valence-electron chi connectivity index (χ0n) is 10.2. The van der Waals surface area contributed by atoms with Gasteiger partial charge in [-0.25, -0.2) is 4.79 Å². The lowest BCUT2D eigenvalue weighted by molar-refractivity contribution is 0.262. The molecule has 0 aliphatic carbocycles. The minimum absolute atomic E-state index is 0.298. The Balaban J connectivity index is 2.05. The fourth-order valence-corrected chi connectivity index (χ4v) is 2.28. The summed E-state index contributed by atoms with van der Waals surface area (Å²) >= 11 is 9.24. The molecule has 2 aromatic rings. The Morgan fingerprint density at radius 3 is 2.63 bits per heavy atom. The van der Waals surface area contributed by atoms with Crippen LogP contribution in [-0.2, 0) is 0 Å². The summed E-state index contributed by atoms with van der Waals surface area (Å²) in [6, 6.07) is 12.4. The highest BCUT2D eigenvalue weighted by Gasteiger charge is 2.05. The van der Waals surface area contributed by atoms with Gasteiger partial charge in [0, 0.05) is 20.9 Å². The highest BCUT2D eigenvalue weighted by atomic mass is 79.9. The molecular formula is C14H12BrClN2O. The van der Waals surface area contributed by atoms with Gasteiger partial charge in [-0.2, -0.15) is 0 Å². The molecule has 2 aromatic carbocycles. The number of hydrogen-bond acceptors (Lipinski definition) is 1. The van der Waals surface area contributed by atoms with Crippen LogP contribution in [0.2, 0.25) is 5.02 Å². The molecule has 0 saturated heterocycles. The van der Waals surface area contributed by atoms with Crippen molar-refractivity contribution in [3.05, 3.63) is 57.5 Å². The molecular weight excluding hydrogens is 328 g/mol. The average molecular weight is 340 g/mol. The molecule has 0 fully saturated rings. The highest BCUT2D eigenvalue weighted by molar-refractivity contribution is 9.10. The van der Waals surface area contributed by atoms with Crippen molar-refractivity contribution < 1.29 is 4.79 Å². The fraction of sp³-hybridized carbons (Fsp3) is 0.0714. The molecule has 3 nitrogen and oxygen atoms in total. The van der Waals surface area contributed by atoms with E-state index in [4.69, 9.17) is 11.6 Å². The summed E-state index contributed by atoms with van der Waals surface area (Å²) in [7, 11) is 0. The topological polar surface area (TPSA) is 41.1 Å². The summed E-state index contributed by atoms with van der Waals surface area (Å²) in [5, 5.41) is 6.10. The van der Waals surface area contributed by atoms with Crippen molar-refractivity contribution in [2.24, 2.45) is 0 Å². The van der Waals surface area contributed by atoms with Crippen molar-refractivity contribution in [3.63, 3.8) is 0 Å². The summed E-state index contributed by atoms with van der Waals surface area (Å²) in [4.78, 5) is 11.9. The third kappa shape index (κ3) is 3.98. The highest BCUT2D eigenvalue weighted by Crippen LogP contribution is 2.20. The second-order valence-electron chi connectivity index (χ2n) is 4.05. The maximum absolute atomic E-state index is 11.9. The van der Waals surface area contributed by atoms with Gasteiger partial charge in [-0.05, 0) is 48.9 Å². The quantitative estimate of drug-likeness (QED) is 0.789. The Hall–Kier alpha value is -1.52. The molecule has 0 saturated carbocycles. The van der Waals surface area contributed by atoms with Gasteiger partial charge >= 0.3 is 6.03 Å². The number of carbonyl (C=O) groups excluding carboxylic acids is 1. The predicted molar refractivity (Wildman–Crippen MR) is 83.0 cm³/mol. The maximum Gasteiger partial charge on any atom is 0.323 e. The van der Waals surface area contributed by atoms with Crippen LogP contribution in [0.4, 0.5) is 16.2 Å². The Kier molecular flexibility index (Phi) is 4.45. The number of rotatable bonds is 2. The van der Waals surface area contributed by atoms with E-state index < -0.39 is 0 Å². The first-order chi connectivity index (χ1) is 9.04. The third-order valence-electron chi connectivity index (χ3n) is 2.52. The van der Waals surface area contributed by atoms with Crippen LogP contribution in [0.25, 0.3) is 0 Å². The smallest absolute Gasteiger partial charge is 0.308 e. The fourth-order valence-electron chi connectivity index (χ4n) is 1.62. The number of aryl methyl sites for hydroxylation is 1. The number of carbonyl (C=O) groups is 1. The van der Waals surface area contributed by atoms with Crippen LogP contribution < -0.4 is 10.6 Å². The van der Waals surface area contributed by atoms with E-state index in [1.54, 1.807) is 24.3 Å². The van der Waals surface area contributed by atoms with Crippen LogP contribution in [-0.4, -0.2) is 6.03 Å². The van der Waals surface area contributed by atoms with E-state index in [0.29, 0.717) is 10.7 Å². The van der Waals surface area contributed by atoms with Gasteiger partial charge in [0.2, 0.25) is 0 Å². The van der Waals surface area contributed by atoms with E-state index in [1.807, 2.05) is 25.1 Å². The van der Waals surface area contributed by atoms with Gasteiger partial charge in [0.05, 0.1) is 0 Å². The number of benzene rings is 2. The van der Waals surface area contributed by atoms with E-state index in [0.717, 1.165) is 15.7 Å². The number of urea groups is 1. The lowest BCUT2D eigenvalue weighted by Gasteiger charge is -2.10. The van der Waals surface area contributed by atoms with Gasteiger partial charge in [0.25, 0.3) is 0 Å². The van der Waals surface area contributed by atoms with E-state index in [-0.39, 0.29) is 6.03 Å². The zero-order valence-corrected chi connectivity index (χ0v) is 12.5. The van der Waals surface area contributed by atoms with Crippen LogP contribution in [0.5, 0.6) is 0 Å². The van der Waals surface area contributed by atoms with Crippen LogP contribution in [0.15, 0.2) is 46.9 Å². The summed E-state index contributed by atoms with van der Waals surface area (Å²) in [5.74, 6) is 0. The van der Waals surface area contributed by atoms with Gasteiger partial charge in [0.15, 0.2) is 0 Å². The van der Waals surface area contributed by atoms with Crippen molar-refractivity contribution >= 4 is 44.9 Å². The maximum atomic E-state index is 11.9. The second-order valence-corrected chi connectivity index (χ2v) is 5.40. The Labute approximate surface area is 125 Å². The molecule has 0 bridgehead atoms. The molecule has 0 radical (unpaired) electrons. The molecule has 0 heterocycles. The molecule has 0 aliphatic rings. The van der Waals surface area contributed by atoms with Crippen molar-refractivity contribution in [2.75, 3.05) is 10.6 Å². The largest absolute Gasteiger partial charge is 0.323 e. The Morgan fingerprint density at radius 2 is 1.95 bits per heavy atom. The summed E-state index contributed by atoms with van der Waals surface area (Å²) in [5.41, 5.74) is 2.40. The monoisotopic (exact) mass is 338 g/mol. The first kappa shape index (κ1) is 13.9. The third-order valence-corrected chi connectivity index (χ3v) is 3.25. The summed E-state index contributed by atoms with van der Waals surface area (Å²) < 4.78 is 0.978. The van der Waals surface area contributed by atoms with E-state index in [1.165, 1.54) is 0 Å². The van der Waals surface area contributed by atoms with Gasteiger partial charge in [-0.1, -0.05) is 33.6 Å². The molecule has 0 aliphatic heterocycles. The SMILES string of the molecule is Cc1cc(Br)ccc1NC(=O)Nc1cccc(Cl)c1. The molecule has 2 N–H and O–H groups in total. The molecule has 2 amide bonds. The van der Waals surface area contributed by atoms with Crippen molar-refractivity contribution in [3.8, 4) is 0 Å². The molecule has 0 unspecified atom stereocenters. The Morgan fingerprint density at radius 1 is 1.16 bits per heavy atom. The molecule has 98 valence electrons. The summed E-state index contributed by atoms with van der Waals surface area (Å²) in [6.45, 7) is 1.93. The lowest BCUT2D eigenvalue weighted by Crippen LogP contribution is -2.19. The van der Waals surface area contributed by atoms with Crippen molar-refractivity contribution in [1.82, 2.24) is 0 Å².